The van der Waals surface area contributed by atoms with Crippen LogP contribution in [0.1, 0.15) is 87.5 Å². The van der Waals surface area contributed by atoms with Gasteiger partial charge >= 0.3 is 0 Å². The van der Waals surface area contributed by atoms with Gasteiger partial charge in [0.15, 0.2) is 0 Å². The van der Waals surface area contributed by atoms with Crippen LogP contribution < -0.4 is 0 Å². The maximum atomic E-state index is 11.2. The molecular formula is C25H48O2. The summed E-state index contributed by atoms with van der Waals surface area (Å²) in [7, 11) is 0. The van der Waals surface area contributed by atoms with Crippen molar-refractivity contribution in [2.24, 2.45) is 59.2 Å². The quantitative estimate of drug-likeness (QED) is 0.592. The Balaban J connectivity index is 2.17. The van der Waals surface area contributed by atoms with E-state index in [1.165, 1.54) is 12.8 Å². The zero-order valence-corrected chi connectivity index (χ0v) is 19.4. The van der Waals surface area contributed by atoms with Crippen molar-refractivity contribution in [3.8, 4) is 0 Å². The van der Waals surface area contributed by atoms with Crippen LogP contribution in [0.3, 0.4) is 0 Å². The van der Waals surface area contributed by atoms with Gasteiger partial charge in [0.2, 0.25) is 0 Å². The van der Waals surface area contributed by atoms with Gasteiger partial charge in [-0.1, -0.05) is 55.4 Å². The second-order valence-corrected chi connectivity index (χ2v) is 11.5. The van der Waals surface area contributed by atoms with E-state index in [4.69, 9.17) is 0 Å². The monoisotopic (exact) mass is 380 g/mol. The maximum Gasteiger partial charge on any atom is 0.0599 e. The molecule has 0 amide bonds. The van der Waals surface area contributed by atoms with Crippen LogP contribution in [0.15, 0.2) is 0 Å². The summed E-state index contributed by atoms with van der Waals surface area (Å²) in [6.45, 7) is 18.5. The first-order valence-corrected chi connectivity index (χ1v) is 11.9. The van der Waals surface area contributed by atoms with Gasteiger partial charge in [-0.05, 0) is 91.3 Å². The van der Waals surface area contributed by atoms with Crippen molar-refractivity contribution in [3.05, 3.63) is 0 Å². The second-order valence-electron chi connectivity index (χ2n) is 11.5. The lowest BCUT2D eigenvalue weighted by atomic mass is 9.60. The van der Waals surface area contributed by atoms with Crippen LogP contribution in [0.2, 0.25) is 0 Å². The second kappa shape index (κ2) is 9.61. The third kappa shape index (κ3) is 5.50. The highest BCUT2D eigenvalue weighted by Crippen LogP contribution is 2.47. The lowest BCUT2D eigenvalue weighted by molar-refractivity contribution is -0.0749. The molecule has 2 N–H and O–H groups in total. The minimum Gasteiger partial charge on any atom is -0.393 e. The number of aliphatic hydroxyl groups is 2. The van der Waals surface area contributed by atoms with Crippen molar-refractivity contribution < 1.29 is 10.2 Å². The number of rotatable bonds is 6. The molecule has 2 aliphatic carbocycles. The average Bonchev–Trinajstić information content (AvgIpc) is 2.57. The Kier molecular flexibility index (Phi) is 8.26. The molecular weight excluding hydrogens is 332 g/mol. The molecule has 2 fully saturated rings. The molecule has 8 atom stereocenters. The molecule has 0 radical (unpaired) electrons. The summed E-state index contributed by atoms with van der Waals surface area (Å²) >= 11 is 0. The van der Waals surface area contributed by atoms with Crippen LogP contribution in [0.5, 0.6) is 0 Å². The molecule has 2 saturated carbocycles. The van der Waals surface area contributed by atoms with E-state index < -0.39 is 0 Å². The summed E-state index contributed by atoms with van der Waals surface area (Å²) in [5.74, 6) is 5.42. The third-order valence-corrected chi connectivity index (χ3v) is 8.41. The van der Waals surface area contributed by atoms with E-state index in [9.17, 15) is 10.2 Å². The number of aliphatic hydroxyl groups excluding tert-OH is 2. The topological polar surface area (TPSA) is 40.5 Å². The smallest absolute Gasteiger partial charge is 0.0599 e. The molecule has 8 unspecified atom stereocenters. The van der Waals surface area contributed by atoms with E-state index in [0.717, 1.165) is 19.3 Å². The van der Waals surface area contributed by atoms with Crippen LogP contribution in [0, 0.1) is 59.2 Å². The average molecular weight is 381 g/mol. The van der Waals surface area contributed by atoms with Crippen molar-refractivity contribution in [2.75, 3.05) is 0 Å². The van der Waals surface area contributed by atoms with Crippen molar-refractivity contribution in [3.63, 3.8) is 0 Å². The van der Waals surface area contributed by atoms with Gasteiger partial charge < -0.3 is 10.2 Å². The lowest BCUT2D eigenvalue weighted by Gasteiger charge is -2.47. The highest BCUT2D eigenvalue weighted by Gasteiger charge is 2.44. The predicted molar refractivity (Wildman–Crippen MR) is 115 cm³/mol. The molecule has 0 aliphatic heterocycles. The van der Waals surface area contributed by atoms with Crippen LogP contribution in [0.4, 0.5) is 0 Å². The van der Waals surface area contributed by atoms with E-state index in [-0.39, 0.29) is 12.2 Å². The molecule has 27 heavy (non-hydrogen) atoms. The first-order valence-electron chi connectivity index (χ1n) is 11.9. The van der Waals surface area contributed by atoms with Crippen molar-refractivity contribution in [2.45, 2.75) is 99.7 Å². The molecule has 0 aromatic carbocycles. The molecule has 2 heteroatoms. The van der Waals surface area contributed by atoms with Gasteiger partial charge in [0.25, 0.3) is 0 Å². The molecule has 0 aromatic heterocycles. The lowest BCUT2D eigenvalue weighted by Crippen LogP contribution is -2.46. The summed E-state index contributed by atoms with van der Waals surface area (Å²) in [5.41, 5.74) is 0. The SMILES string of the molecule is CC(C)C1CC(CC2CC(C(C)C)CC(C(C)C)C2O)C(O)C(C(C)C)C1. The summed E-state index contributed by atoms with van der Waals surface area (Å²) in [6.07, 6.45) is 5.26. The van der Waals surface area contributed by atoms with Crippen molar-refractivity contribution in [1.82, 2.24) is 0 Å². The van der Waals surface area contributed by atoms with E-state index in [1.54, 1.807) is 0 Å². The summed E-state index contributed by atoms with van der Waals surface area (Å²) in [5, 5.41) is 22.4. The van der Waals surface area contributed by atoms with Crippen LogP contribution >= 0.6 is 0 Å². The fraction of sp³-hybridized carbons (Fsp3) is 1.00. The summed E-state index contributed by atoms with van der Waals surface area (Å²) in [6, 6.07) is 0. The maximum absolute atomic E-state index is 11.2. The molecule has 160 valence electrons. The normalized spacial score (nSPS) is 41.1. The summed E-state index contributed by atoms with van der Waals surface area (Å²) in [4.78, 5) is 0. The van der Waals surface area contributed by atoms with Gasteiger partial charge in [-0.15, -0.1) is 0 Å². The Morgan fingerprint density at radius 2 is 0.889 bits per heavy atom. The van der Waals surface area contributed by atoms with Gasteiger partial charge in [0, 0.05) is 0 Å². The zero-order valence-electron chi connectivity index (χ0n) is 19.4. The van der Waals surface area contributed by atoms with Crippen molar-refractivity contribution in [1.29, 1.82) is 0 Å². The Bertz CT molecular complexity index is 402. The largest absolute Gasteiger partial charge is 0.393 e. The number of hydrogen-bond donors (Lipinski definition) is 2. The van der Waals surface area contributed by atoms with E-state index in [2.05, 4.69) is 55.4 Å². The third-order valence-electron chi connectivity index (χ3n) is 8.41. The van der Waals surface area contributed by atoms with Gasteiger partial charge in [0.05, 0.1) is 12.2 Å². The van der Waals surface area contributed by atoms with Gasteiger partial charge in [-0.3, -0.25) is 0 Å². The van der Waals surface area contributed by atoms with Crippen LogP contribution in [-0.4, -0.2) is 22.4 Å². The molecule has 2 nitrogen and oxygen atoms in total. The molecule has 0 aromatic rings. The molecule has 0 saturated heterocycles. The van der Waals surface area contributed by atoms with Gasteiger partial charge in [-0.25, -0.2) is 0 Å². The Morgan fingerprint density at radius 1 is 0.556 bits per heavy atom. The molecule has 0 heterocycles. The summed E-state index contributed by atoms with van der Waals surface area (Å²) < 4.78 is 0. The first-order chi connectivity index (χ1) is 12.5. The highest BCUT2D eigenvalue weighted by atomic mass is 16.3. The Labute approximate surface area is 169 Å². The zero-order chi connectivity index (χ0) is 20.5. The van der Waals surface area contributed by atoms with Crippen LogP contribution in [-0.2, 0) is 0 Å². The Morgan fingerprint density at radius 3 is 1.15 bits per heavy atom. The van der Waals surface area contributed by atoms with Gasteiger partial charge in [-0.2, -0.15) is 0 Å². The number of hydrogen-bond acceptors (Lipinski definition) is 2. The predicted octanol–water partition coefficient (Wildman–Crippen LogP) is 6.01. The van der Waals surface area contributed by atoms with Gasteiger partial charge in [0.1, 0.15) is 0 Å². The molecule has 2 aliphatic rings. The first kappa shape index (κ1) is 23.2. The molecule has 0 bridgehead atoms. The molecule has 0 spiro atoms. The van der Waals surface area contributed by atoms with Crippen LogP contribution in [0.25, 0.3) is 0 Å². The van der Waals surface area contributed by atoms with Crippen molar-refractivity contribution >= 4 is 0 Å². The highest BCUT2D eigenvalue weighted by molar-refractivity contribution is 4.94. The minimum absolute atomic E-state index is 0.191. The van der Waals surface area contributed by atoms with E-state index in [1.807, 2.05) is 0 Å². The standard InChI is InChI=1S/C25H48O2/c1-14(2)18-9-20(24(26)22(12-18)16(5)6)11-21-10-19(15(3)4)13-23(17(7)8)25(21)27/h14-27H,9-13H2,1-8H3. The minimum atomic E-state index is -0.191. The van der Waals surface area contributed by atoms with E-state index in [0.29, 0.717) is 59.2 Å². The molecule has 2 rings (SSSR count). The fourth-order valence-electron chi connectivity index (χ4n) is 6.21. The Hall–Kier alpha value is -0.0800. The fourth-order valence-corrected chi connectivity index (χ4v) is 6.21. The van der Waals surface area contributed by atoms with E-state index >= 15 is 0 Å².